The van der Waals surface area contributed by atoms with E-state index in [0.29, 0.717) is 49.1 Å². The minimum Gasteiger partial charge on any atom is -0.493 e. The second-order valence-electron chi connectivity index (χ2n) is 7.36. The van der Waals surface area contributed by atoms with Gasteiger partial charge in [-0.05, 0) is 29.8 Å². The van der Waals surface area contributed by atoms with Crippen LogP contribution in [0.25, 0.3) is 11.1 Å². The van der Waals surface area contributed by atoms with E-state index in [1.165, 1.54) is 6.07 Å². The van der Waals surface area contributed by atoms with E-state index in [4.69, 9.17) is 18.9 Å². The van der Waals surface area contributed by atoms with Crippen LogP contribution in [-0.4, -0.2) is 39.4 Å². The number of benzene rings is 3. The molecule has 6 heteroatoms. The van der Waals surface area contributed by atoms with Crippen molar-refractivity contribution in [1.82, 2.24) is 4.90 Å². The number of halogens is 1. The molecule has 0 aromatic heterocycles. The SMILES string of the molecule is COc1cc(-c2cccc(OC)c2OC)cc2c1OCCN(Cc1ccccc1F)C2. The van der Waals surface area contributed by atoms with Gasteiger partial charge < -0.3 is 18.9 Å². The van der Waals surface area contributed by atoms with Crippen LogP contribution in [0.15, 0.2) is 54.6 Å². The summed E-state index contributed by atoms with van der Waals surface area (Å²) in [5.74, 6) is 2.51. The second kappa shape index (κ2) is 9.27. The smallest absolute Gasteiger partial charge is 0.168 e. The number of methoxy groups -OCH3 is 3. The van der Waals surface area contributed by atoms with Gasteiger partial charge in [0.1, 0.15) is 12.4 Å². The van der Waals surface area contributed by atoms with Gasteiger partial charge in [0.25, 0.3) is 0 Å². The van der Waals surface area contributed by atoms with Gasteiger partial charge in [0.05, 0.1) is 21.3 Å². The molecule has 4 rings (SSSR count). The lowest BCUT2D eigenvalue weighted by Crippen LogP contribution is -2.25. The lowest BCUT2D eigenvalue weighted by Gasteiger charge is -2.20. The van der Waals surface area contributed by atoms with Gasteiger partial charge in [0.2, 0.25) is 0 Å². The van der Waals surface area contributed by atoms with Gasteiger partial charge in [0.15, 0.2) is 23.0 Å². The van der Waals surface area contributed by atoms with Crippen LogP contribution in [0.4, 0.5) is 4.39 Å². The fourth-order valence-electron chi connectivity index (χ4n) is 3.96. The molecule has 0 spiro atoms. The summed E-state index contributed by atoms with van der Waals surface area (Å²) in [5, 5.41) is 0. The molecule has 0 unspecified atom stereocenters. The predicted octanol–water partition coefficient (Wildman–Crippen LogP) is 4.91. The molecule has 0 saturated carbocycles. The minimum absolute atomic E-state index is 0.194. The zero-order valence-corrected chi connectivity index (χ0v) is 18.0. The Morgan fingerprint density at radius 2 is 1.74 bits per heavy atom. The highest BCUT2D eigenvalue weighted by Gasteiger charge is 2.22. The van der Waals surface area contributed by atoms with Crippen molar-refractivity contribution in [2.75, 3.05) is 34.5 Å². The summed E-state index contributed by atoms with van der Waals surface area (Å²) in [6.45, 7) is 2.30. The topological polar surface area (TPSA) is 40.2 Å². The van der Waals surface area contributed by atoms with E-state index in [2.05, 4.69) is 11.0 Å². The molecule has 162 valence electrons. The molecular weight excluding hydrogens is 397 g/mol. The van der Waals surface area contributed by atoms with Crippen molar-refractivity contribution in [2.45, 2.75) is 13.1 Å². The third-order valence-corrected chi connectivity index (χ3v) is 5.47. The summed E-state index contributed by atoms with van der Waals surface area (Å²) < 4.78 is 37.0. The monoisotopic (exact) mass is 423 g/mol. The molecule has 1 aliphatic heterocycles. The first kappa shape index (κ1) is 21.0. The van der Waals surface area contributed by atoms with Gasteiger partial charge >= 0.3 is 0 Å². The minimum atomic E-state index is -0.194. The molecule has 0 N–H and O–H groups in total. The molecule has 1 heterocycles. The fraction of sp³-hybridized carbons (Fsp3) is 0.280. The van der Waals surface area contributed by atoms with Gasteiger partial charge in [-0.25, -0.2) is 4.39 Å². The van der Waals surface area contributed by atoms with Crippen molar-refractivity contribution >= 4 is 0 Å². The Balaban J connectivity index is 1.73. The number of hydrogen-bond donors (Lipinski definition) is 0. The standard InChI is InChI=1S/C25H26FNO4/c1-28-22-10-6-8-20(25(22)30-3)18-13-19-16-27(15-17-7-4-5-9-21(17)26)11-12-31-24(19)23(14-18)29-2/h4-10,13-14H,11-12,15-16H2,1-3H3. The van der Waals surface area contributed by atoms with Gasteiger partial charge in [-0.2, -0.15) is 0 Å². The molecule has 3 aromatic rings. The molecule has 0 aliphatic carbocycles. The van der Waals surface area contributed by atoms with Crippen LogP contribution in [0.2, 0.25) is 0 Å². The molecule has 31 heavy (non-hydrogen) atoms. The predicted molar refractivity (Wildman–Crippen MR) is 118 cm³/mol. The van der Waals surface area contributed by atoms with Crippen LogP contribution in [0.5, 0.6) is 23.0 Å². The van der Waals surface area contributed by atoms with E-state index in [1.54, 1.807) is 27.4 Å². The molecule has 0 atom stereocenters. The van der Waals surface area contributed by atoms with Crippen LogP contribution >= 0.6 is 0 Å². The molecule has 0 amide bonds. The van der Waals surface area contributed by atoms with E-state index in [0.717, 1.165) is 22.4 Å². The zero-order chi connectivity index (χ0) is 21.8. The first-order chi connectivity index (χ1) is 15.1. The first-order valence-corrected chi connectivity index (χ1v) is 10.2. The van der Waals surface area contributed by atoms with E-state index < -0.39 is 0 Å². The maximum absolute atomic E-state index is 14.2. The van der Waals surface area contributed by atoms with E-state index in [-0.39, 0.29) is 5.82 Å². The summed E-state index contributed by atoms with van der Waals surface area (Å²) in [6.07, 6.45) is 0. The Bertz CT molecular complexity index is 1070. The summed E-state index contributed by atoms with van der Waals surface area (Å²) >= 11 is 0. The first-order valence-electron chi connectivity index (χ1n) is 10.2. The largest absolute Gasteiger partial charge is 0.493 e. The lowest BCUT2D eigenvalue weighted by molar-refractivity contribution is 0.215. The quantitative estimate of drug-likeness (QED) is 0.563. The number of fused-ring (bicyclic) bond motifs is 1. The van der Waals surface area contributed by atoms with Crippen LogP contribution < -0.4 is 18.9 Å². The molecule has 0 bridgehead atoms. The van der Waals surface area contributed by atoms with Crippen molar-refractivity contribution in [3.05, 3.63) is 71.5 Å². The number of rotatable bonds is 6. The number of hydrogen-bond acceptors (Lipinski definition) is 5. The average Bonchev–Trinajstić information content (AvgIpc) is 3.01. The van der Waals surface area contributed by atoms with Gasteiger partial charge in [0, 0.05) is 36.3 Å². The third-order valence-electron chi connectivity index (χ3n) is 5.47. The van der Waals surface area contributed by atoms with E-state index in [1.807, 2.05) is 36.4 Å². The Morgan fingerprint density at radius 1 is 0.935 bits per heavy atom. The fourth-order valence-corrected chi connectivity index (χ4v) is 3.96. The van der Waals surface area contributed by atoms with Gasteiger partial charge in [-0.15, -0.1) is 0 Å². The van der Waals surface area contributed by atoms with Crippen LogP contribution in [0.1, 0.15) is 11.1 Å². The molecule has 3 aromatic carbocycles. The Labute approximate surface area is 181 Å². The maximum Gasteiger partial charge on any atom is 0.168 e. The molecule has 1 aliphatic rings. The van der Waals surface area contributed by atoms with Crippen molar-refractivity contribution in [3.63, 3.8) is 0 Å². The molecular formula is C25H26FNO4. The van der Waals surface area contributed by atoms with Crippen molar-refractivity contribution in [1.29, 1.82) is 0 Å². The van der Waals surface area contributed by atoms with Crippen LogP contribution in [0, 0.1) is 5.82 Å². The molecule has 0 radical (unpaired) electrons. The van der Waals surface area contributed by atoms with E-state index in [9.17, 15) is 4.39 Å². The number of ether oxygens (including phenoxy) is 4. The summed E-state index contributed by atoms with van der Waals surface area (Å²) in [7, 11) is 4.88. The second-order valence-corrected chi connectivity index (χ2v) is 7.36. The van der Waals surface area contributed by atoms with Crippen molar-refractivity contribution in [2.24, 2.45) is 0 Å². The van der Waals surface area contributed by atoms with Gasteiger partial charge in [-0.3, -0.25) is 4.90 Å². The normalized spacial score (nSPS) is 13.7. The highest BCUT2D eigenvalue weighted by Crippen LogP contribution is 2.43. The highest BCUT2D eigenvalue weighted by atomic mass is 19.1. The van der Waals surface area contributed by atoms with E-state index >= 15 is 0 Å². The third kappa shape index (κ3) is 4.30. The van der Waals surface area contributed by atoms with Crippen LogP contribution in [-0.2, 0) is 13.1 Å². The molecule has 0 saturated heterocycles. The Hall–Kier alpha value is -3.25. The summed E-state index contributed by atoms with van der Waals surface area (Å²) in [5.41, 5.74) is 3.48. The molecule has 5 nitrogen and oxygen atoms in total. The summed E-state index contributed by atoms with van der Waals surface area (Å²) in [6, 6.07) is 16.7. The lowest BCUT2D eigenvalue weighted by atomic mass is 10.00. The number of nitrogens with zero attached hydrogens (tertiary/aromatic N) is 1. The van der Waals surface area contributed by atoms with Crippen molar-refractivity contribution in [3.8, 4) is 34.1 Å². The Kier molecular flexibility index (Phi) is 6.28. The number of para-hydroxylation sites is 1. The highest BCUT2D eigenvalue weighted by molar-refractivity contribution is 5.77. The van der Waals surface area contributed by atoms with Crippen LogP contribution in [0.3, 0.4) is 0 Å². The maximum atomic E-state index is 14.2. The zero-order valence-electron chi connectivity index (χ0n) is 18.0. The molecule has 0 fully saturated rings. The van der Waals surface area contributed by atoms with Crippen molar-refractivity contribution < 1.29 is 23.3 Å². The average molecular weight is 423 g/mol. The van der Waals surface area contributed by atoms with Gasteiger partial charge in [-0.1, -0.05) is 30.3 Å². The Morgan fingerprint density at radius 3 is 2.48 bits per heavy atom. The summed E-state index contributed by atoms with van der Waals surface area (Å²) in [4.78, 5) is 2.18.